The lowest BCUT2D eigenvalue weighted by atomic mass is 10.4. The molecule has 0 spiro atoms. The molecule has 1 radical (unpaired) electrons. The van der Waals surface area contributed by atoms with E-state index in [1.165, 1.54) is 6.20 Å². The van der Waals surface area contributed by atoms with E-state index in [4.69, 9.17) is 4.74 Å². The Kier molecular flexibility index (Phi) is 3.84. The predicted molar refractivity (Wildman–Crippen MR) is 47.4 cm³/mol. The molecule has 0 atom stereocenters. The van der Waals surface area contributed by atoms with Gasteiger partial charge in [0.25, 0.3) is 5.88 Å². The van der Waals surface area contributed by atoms with Crippen LogP contribution in [0.25, 0.3) is 0 Å². The number of unbranched alkanes of at least 4 members (excludes halogenated alkanes) is 1. The maximum atomic E-state index is 11.2. The van der Waals surface area contributed by atoms with Crippen molar-refractivity contribution in [1.82, 2.24) is 9.97 Å². The number of hydrogen-bond donors (Lipinski definition) is 0. The normalized spacial score (nSPS) is 9.79. The molecule has 0 amide bonds. The average Bonchev–Trinajstić information content (AvgIpc) is 2.18. The third-order valence-electron chi connectivity index (χ3n) is 1.55. The Bertz CT molecular complexity index is 315. The van der Waals surface area contributed by atoms with Crippen molar-refractivity contribution in [2.45, 2.75) is 19.8 Å². The van der Waals surface area contributed by atoms with Crippen LogP contribution in [0.3, 0.4) is 0 Å². The Labute approximate surface area is 81.8 Å². The zero-order valence-electron chi connectivity index (χ0n) is 7.90. The number of hydrogen-bond acceptors (Lipinski definition) is 4. The molecule has 5 nitrogen and oxygen atoms in total. The second-order valence-corrected chi connectivity index (χ2v) is 2.73. The van der Waals surface area contributed by atoms with Gasteiger partial charge in [-0.05, 0) is 6.42 Å². The molecule has 5 heteroatoms. The second kappa shape index (κ2) is 5.16. The number of rotatable bonds is 4. The lowest BCUT2D eigenvalue weighted by molar-refractivity contribution is 0.0490. The minimum atomic E-state index is -0.594. The summed E-state index contributed by atoms with van der Waals surface area (Å²) in [5.41, 5.74) is -0.0337. The Hall–Kier alpha value is -1.65. The van der Waals surface area contributed by atoms with E-state index in [2.05, 4.69) is 9.97 Å². The van der Waals surface area contributed by atoms with Crippen LogP contribution in [0.4, 0.5) is 0 Å². The van der Waals surface area contributed by atoms with E-state index in [1.807, 2.05) is 6.92 Å². The molecule has 75 valence electrons. The first kappa shape index (κ1) is 10.4. The number of nitrogens with zero attached hydrogens (tertiary/aromatic N) is 2. The highest BCUT2D eigenvalue weighted by Crippen LogP contribution is 2.04. The number of aromatic nitrogens is 2. The van der Waals surface area contributed by atoms with Crippen molar-refractivity contribution in [3.05, 3.63) is 18.1 Å². The summed E-state index contributed by atoms with van der Waals surface area (Å²) >= 11 is 0. The van der Waals surface area contributed by atoms with Gasteiger partial charge in [-0.2, -0.15) is 4.98 Å². The van der Waals surface area contributed by atoms with Crippen LogP contribution >= 0.6 is 0 Å². The number of carbonyl (C=O) groups excluding carboxylic acids is 1. The maximum absolute atomic E-state index is 11.2. The summed E-state index contributed by atoms with van der Waals surface area (Å²) in [6, 6.07) is 0. The highest BCUT2D eigenvalue weighted by atomic mass is 16.5. The fourth-order valence-electron chi connectivity index (χ4n) is 0.830. The van der Waals surface area contributed by atoms with Crippen LogP contribution < -0.4 is 0 Å². The maximum Gasteiger partial charge on any atom is 0.358 e. The molecule has 14 heavy (non-hydrogen) atoms. The van der Waals surface area contributed by atoms with Gasteiger partial charge in [-0.15, -0.1) is 0 Å². The molecule has 0 aliphatic rings. The zero-order valence-corrected chi connectivity index (χ0v) is 7.90. The summed E-state index contributed by atoms with van der Waals surface area (Å²) in [6.07, 6.45) is 4.01. The zero-order chi connectivity index (χ0) is 10.4. The Morgan fingerprint density at radius 3 is 2.93 bits per heavy atom. The summed E-state index contributed by atoms with van der Waals surface area (Å²) in [4.78, 5) is 18.2. The van der Waals surface area contributed by atoms with Gasteiger partial charge in [0, 0.05) is 0 Å². The van der Waals surface area contributed by atoms with Gasteiger partial charge in [0.2, 0.25) is 0 Å². The fraction of sp³-hybridized carbons (Fsp3) is 0.444. The first-order valence-corrected chi connectivity index (χ1v) is 4.40. The largest absolute Gasteiger partial charge is 0.461 e. The molecule has 0 aliphatic carbocycles. The van der Waals surface area contributed by atoms with Gasteiger partial charge < -0.3 is 4.74 Å². The summed E-state index contributed by atoms with van der Waals surface area (Å²) in [6.45, 7) is 2.34. The minimum Gasteiger partial charge on any atom is -0.461 e. The molecular weight excluding hydrogens is 184 g/mol. The van der Waals surface area contributed by atoms with E-state index in [-0.39, 0.29) is 5.69 Å². The van der Waals surface area contributed by atoms with Gasteiger partial charge in [0.05, 0.1) is 19.0 Å². The third kappa shape index (κ3) is 3.01. The van der Waals surface area contributed by atoms with Crippen molar-refractivity contribution in [3.8, 4) is 5.88 Å². The van der Waals surface area contributed by atoms with Gasteiger partial charge in [0.1, 0.15) is 0 Å². The average molecular weight is 195 g/mol. The number of carbonyl (C=O) groups is 1. The molecule has 0 aliphatic heterocycles. The first-order chi connectivity index (χ1) is 6.74. The summed E-state index contributed by atoms with van der Waals surface area (Å²) in [5, 5.41) is 10.7. The standard InChI is InChI=1S/C9H11N2O3/c1-2-3-4-14-9(13)7-5-10-6-8(12)11-7/h5-6H,2-4H2,1H3. The monoisotopic (exact) mass is 195 g/mol. The van der Waals surface area contributed by atoms with Gasteiger partial charge in [-0.3, -0.25) is 10.1 Å². The summed E-state index contributed by atoms with van der Waals surface area (Å²) < 4.78 is 4.84. The lowest BCUT2D eigenvalue weighted by Crippen LogP contribution is -2.08. The minimum absolute atomic E-state index is 0.0337. The topological polar surface area (TPSA) is 72.0 Å². The Balaban J connectivity index is 2.52. The van der Waals surface area contributed by atoms with Crippen molar-refractivity contribution in [2.24, 2.45) is 0 Å². The van der Waals surface area contributed by atoms with E-state index in [1.54, 1.807) is 0 Å². The van der Waals surface area contributed by atoms with Crippen LogP contribution in [0.15, 0.2) is 12.4 Å². The smallest absolute Gasteiger partial charge is 0.358 e. The van der Waals surface area contributed by atoms with Crippen molar-refractivity contribution in [1.29, 1.82) is 0 Å². The van der Waals surface area contributed by atoms with Crippen LogP contribution in [0.2, 0.25) is 0 Å². The molecule has 0 N–H and O–H groups in total. The first-order valence-electron chi connectivity index (χ1n) is 4.40. The summed E-state index contributed by atoms with van der Waals surface area (Å²) in [7, 11) is 0. The lowest BCUT2D eigenvalue weighted by Gasteiger charge is -2.01. The number of ether oxygens (including phenoxy) is 1. The number of esters is 1. The molecule has 0 fully saturated rings. The highest BCUT2D eigenvalue weighted by Gasteiger charge is 2.09. The molecule has 1 heterocycles. The van der Waals surface area contributed by atoms with E-state index >= 15 is 0 Å². The SMILES string of the molecule is CCCCOC(=O)c1cncc([O])n1. The highest BCUT2D eigenvalue weighted by molar-refractivity contribution is 5.86. The van der Waals surface area contributed by atoms with Gasteiger partial charge in [-0.1, -0.05) is 13.3 Å². The van der Waals surface area contributed by atoms with Crippen molar-refractivity contribution in [2.75, 3.05) is 6.61 Å². The molecule has 1 aromatic heterocycles. The van der Waals surface area contributed by atoms with Crippen molar-refractivity contribution in [3.63, 3.8) is 0 Å². The third-order valence-corrected chi connectivity index (χ3v) is 1.55. The molecular formula is C9H11N2O3. The van der Waals surface area contributed by atoms with Crippen molar-refractivity contribution < 1.29 is 14.6 Å². The van der Waals surface area contributed by atoms with Crippen LogP contribution in [-0.2, 0) is 9.84 Å². The summed E-state index contributed by atoms with van der Waals surface area (Å²) in [5.74, 6) is -1.13. The Morgan fingerprint density at radius 2 is 2.29 bits per heavy atom. The fourth-order valence-corrected chi connectivity index (χ4v) is 0.830. The van der Waals surface area contributed by atoms with Crippen molar-refractivity contribution >= 4 is 5.97 Å². The molecule has 1 rings (SSSR count). The molecule has 0 saturated heterocycles. The predicted octanol–water partition coefficient (Wildman–Crippen LogP) is 1.58. The molecule has 0 saturated carbocycles. The molecule has 1 aromatic rings. The van der Waals surface area contributed by atoms with Gasteiger partial charge in [0.15, 0.2) is 5.69 Å². The second-order valence-electron chi connectivity index (χ2n) is 2.73. The molecule has 0 unspecified atom stereocenters. The quantitative estimate of drug-likeness (QED) is 0.540. The van der Waals surface area contributed by atoms with Gasteiger partial charge >= 0.3 is 5.97 Å². The van der Waals surface area contributed by atoms with Crippen LogP contribution in [0, 0.1) is 0 Å². The van der Waals surface area contributed by atoms with E-state index in [9.17, 15) is 9.90 Å². The van der Waals surface area contributed by atoms with E-state index in [0.717, 1.165) is 19.0 Å². The Morgan fingerprint density at radius 1 is 1.50 bits per heavy atom. The molecule has 0 bridgehead atoms. The van der Waals surface area contributed by atoms with Crippen LogP contribution in [0.5, 0.6) is 5.88 Å². The van der Waals surface area contributed by atoms with E-state index in [0.29, 0.717) is 6.61 Å². The van der Waals surface area contributed by atoms with Gasteiger partial charge in [-0.25, -0.2) is 4.79 Å². The van der Waals surface area contributed by atoms with E-state index < -0.39 is 11.8 Å². The van der Waals surface area contributed by atoms with Crippen LogP contribution in [-0.4, -0.2) is 22.5 Å². The van der Waals surface area contributed by atoms with Crippen LogP contribution in [0.1, 0.15) is 30.3 Å². The molecule has 0 aromatic carbocycles.